The first-order chi connectivity index (χ1) is 14.5. The number of halogens is 2. The Bertz CT molecular complexity index is 1200. The van der Waals surface area contributed by atoms with Crippen LogP contribution in [0.4, 0.5) is 11.4 Å². The molecule has 2 aromatic carbocycles. The summed E-state index contributed by atoms with van der Waals surface area (Å²) >= 11 is 13.6. The second kappa shape index (κ2) is 8.75. The van der Waals surface area contributed by atoms with Crippen LogP contribution in [0.25, 0.3) is 11.3 Å². The lowest BCUT2D eigenvalue weighted by molar-refractivity contribution is 0.0995. The molecule has 0 aliphatic carbocycles. The van der Waals surface area contributed by atoms with Gasteiger partial charge < -0.3 is 15.1 Å². The molecule has 0 saturated carbocycles. The van der Waals surface area contributed by atoms with Gasteiger partial charge in [0, 0.05) is 16.9 Å². The van der Waals surface area contributed by atoms with Crippen LogP contribution in [0.15, 0.2) is 76.5 Å². The van der Waals surface area contributed by atoms with Crippen LogP contribution in [0.2, 0.25) is 10.0 Å². The van der Waals surface area contributed by atoms with Gasteiger partial charge in [0.15, 0.2) is 5.76 Å². The maximum Gasteiger partial charge on any atom is 0.291 e. The normalized spacial score (nSPS) is 10.6. The summed E-state index contributed by atoms with van der Waals surface area (Å²) < 4.78 is 5.65. The van der Waals surface area contributed by atoms with Crippen molar-refractivity contribution in [3.05, 3.63) is 92.8 Å². The zero-order valence-electron chi connectivity index (χ0n) is 15.3. The van der Waals surface area contributed by atoms with Crippen molar-refractivity contribution < 1.29 is 14.0 Å². The van der Waals surface area contributed by atoms with Crippen LogP contribution in [0.3, 0.4) is 0 Å². The number of carbonyl (C=O) groups is 2. The molecular formula is C22H14Cl2N2O3S. The minimum atomic E-state index is -0.408. The Morgan fingerprint density at radius 3 is 2.17 bits per heavy atom. The molecule has 5 nitrogen and oxygen atoms in total. The van der Waals surface area contributed by atoms with Crippen molar-refractivity contribution in [1.29, 1.82) is 0 Å². The molecule has 8 heteroatoms. The number of anilines is 2. The van der Waals surface area contributed by atoms with Crippen molar-refractivity contribution >= 4 is 57.7 Å². The van der Waals surface area contributed by atoms with Crippen molar-refractivity contribution in [1.82, 2.24) is 0 Å². The van der Waals surface area contributed by atoms with Crippen molar-refractivity contribution in [2.75, 3.05) is 10.6 Å². The molecule has 0 aliphatic heterocycles. The number of carbonyl (C=O) groups excluding carboxylic acids is 2. The van der Waals surface area contributed by atoms with Gasteiger partial charge in [-0.3, -0.25) is 9.59 Å². The van der Waals surface area contributed by atoms with Crippen LogP contribution in [-0.4, -0.2) is 11.8 Å². The highest BCUT2D eigenvalue weighted by atomic mass is 35.5. The first-order valence-corrected chi connectivity index (χ1v) is 10.5. The van der Waals surface area contributed by atoms with Crippen LogP contribution in [0.1, 0.15) is 20.2 Å². The molecule has 0 spiro atoms. The lowest BCUT2D eigenvalue weighted by Gasteiger charge is -2.07. The number of benzene rings is 2. The molecule has 2 heterocycles. The summed E-state index contributed by atoms with van der Waals surface area (Å²) in [6.07, 6.45) is 0. The summed E-state index contributed by atoms with van der Waals surface area (Å²) in [5.74, 6) is -0.00486. The highest BCUT2D eigenvalue weighted by Gasteiger charge is 2.15. The molecule has 2 amide bonds. The van der Waals surface area contributed by atoms with E-state index in [4.69, 9.17) is 27.6 Å². The molecule has 0 fully saturated rings. The zero-order chi connectivity index (χ0) is 21.1. The van der Waals surface area contributed by atoms with E-state index in [-0.39, 0.29) is 11.7 Å². The molecule has 2 N–H and O–H groups in total. The predicted molar refractivity (Wildman–Crippen MR) is 121 cm³/mol. The highest BCUT2D eigenvalue weighted by Crippen LogP contribution is 2.34. The molecule has 30 heavy (non-hydrogen) atoms. The lowest BCUT2D eigenvalue weighted by atomic mass is 10.2. The Morgan fingerprint density at radius 2 is 1.50 bits per heavy atom. The van der Waals surface area contributed by atoms with E-state index in [9.17, 15) is 9.59 Å². The predicted octanol–water partition coefficient (Wildman–Crippen LogP) is 6.82. The number of hydrogen-bond donors (Lipinski definition) is 2. The molecule has 2 aromatic heterocycles. The quantitative estimate of drug-likeness (QED) is 0.346. The fourth-order valence-corrected chi connectivity index (χ4v) is 3.74. The Hall–Kier alpha value is -3.06. The molecule has 0 aliphatic rings. The Labute approximate surface area is 186 Å². The fourth-order valence-electron chi connectivity index (χ4n) is 2.73. The highest BCUT2D eigenvalue weighted by molar-refractivity contribution is 7.12. The van der Waals surface area contributed by atoms with E-state index in [0.717, 1.165) is 0 Å². The maximum absolute atomic E-state index is 12.5. The van der Waals surface area contributed by atoms with Crippen LogP contribution < -0.4 is 10.6 Å². The van der Waals surface area contributed by atoms with E-state index < -0.39 is 5.91 Å². The fraction of sp³-hybridized carbons (Fsp3) is 0. The average Bonchev–Trinajstić information content (AvgIpc) is 3.44. The van der Waals surface area contributed by atoms with Crippen LogP contribution in [0, 0.1) is 0 Å². The third kappa shape index (κ3) is 4.41. The maximum atomic E-state index is 12.5. The Morgan fingerprint density at radius 1 is 0.800 bits per heavy atom. The van der Waals surface area contributed by atoms with Crippen LogP contribution in [0.5, 0.6) is 0 Å². The van der Waals surface area contributed by atoms with Gasteiger partial charge in [-0.25, -0.2) is 0 Å². The van der Waals surface area contributed by atoms with E-state index in [1.54, 1.807) is 60.7 Å². The Balaban J connectivity index is 1.42. The van der Waals surface area contributed by atoms with Gasteiger partial charge in [0.05, 0.1) is 14.9 Å². The van der Waals surface area contributed by atoms with Gasteiger partial charge in [0.2, 0.25) is 0 Å². The number of hydrogen-bond acceptors (Lipinski definition) is 4. The van der Waals surface area contributed by atoms with E-state index in [0.29, 0.717) is 37.6 Å². The number of rotatable bonds is 5. The molecule has 0 bridgehead atoms. The monoisotopic (exact) mass is 456 g/mol. The number of furan rings is 1. The topological polar surface area (TPSA) is 71.3 Å². The second-order valence-electron chi connectivity index (χ2n) is 6.23. The van der Waals surface area contributed by atoms with E-state index in [1.165, 1.54) is 11.3 Å². The molecule has 0 radical (unpaired) electrons. The molecule has 0 saturated heterocycles. The molecule has 0 unspecified atom stereocenters. The largest absolute Gasteiger partial charge is 0.451 e. The Kier molecular flexibility index (Phi) is 5.90. The van der Waals surface area contributed by atoms with Crippen molar-refractivity contribution in [3.8, 4) is 11.3 Å². The van der Waals surface area contributed by atoms with E-state index >= 15 is 0 Å². The molecular weight excluding hydrogens is 443 g/mol. The zero-order valence-corrected chi connectivity index (χ0v) is 17.6. The summed E-state index contributed by atoms with van der Waals surface area (Å²) in [4.78, 5) is 25.2. The van der Waals surface area contributed by atoms with Crippen molar-refractivity contribution in [2.24, 2.45) is 0 Å². The van der Waals surface area contributed by atoms with E-state index in [1.807, 2.05) is 11.4 Å². The van der Waals surface area contributed by atoms with Gasteiger partial charge in [-0.05, 0) is 60.0 Å². The summed E-state index contributed by atoms with van der Waals surface area (Å²) in [5.41, 5.74) is 1.80. The number of thiophene rings is 1. The SMILES string of the molecule is O=C(Nc1ccc(NC(=O)c2cccs2)cc1)c1ccc(-c2cccc(Cl)c2Cl)o1. The number of amides is 2. The first-order valence-electron chi connectivity index (χ1n) is 8.82. The van der Waals surface area contributed by atoms with Gasteiger partial charge in [-0.1, -0.05) is 35.3 Å². The first kappa shape index (κ1) is 20.2. The van der Waals surface area contributed by atoms with Gasteiger partial charge >= 0.3 is 0 Å². The third-order valence-corrected chi connectivity index (χ3v) is 5.88. The van der Waals surface area contributed by atoms with Gasteiger partial charge in [0.1, 0.15) is 5.76 Å². The minimum Gasteiger partial charge on any atom is -0.451 e. The van der Waals surface area contributed by atoms with Gasteiger partial charge in [0.25, 0.3) is 11.8 Å². The van der Waals surface area contributed by atoms with Crippen LogP contribution >= 0.6 is 34.5 Å². The van der Waals surface area contributed by atoms with Crippen molar-refractivity contribution in [2.45, 2.75) is 0 Å². The molecule has 4 aromatic rings. The summed E-state index contributed by atoms with van der Waals surface area (Å²) in [6, 6.07) is 18.8. The van der Waals surface area contributed by atoms with Crippen LogP contribution in [-0.2, 0) is 0 Å². The smallest absolute Gasteiger partial charge is 0.291 e. The molecule has 4 rings (SSSR count). The lowest BCUT2D eigenvalue weighted by Crippen LogP contribution is -2.12. The van der Waals surface area contributed by atoms with E-state index in [2.05, 4.69) is 10.6 Å². The molecule has 150 valence electrons. The van der Waals surface area contributed by atoms with Gasteiger partial charge in [-0.2, -0.15) is 0 Å². The number of nitrogens with one attached hydrogen (secondary N) is 2. The average molecular weight is 457 g/mol. The van der Waals surface area contributed by atoms with Crippen molar-refractivity contribution in [3.63, 3.8) is 0 Å². The summed E-state index contributed by atoms with van der Waals surface area (Å²) in [7, 11) is 0. The minimum absolute atomic E-state index is 0.135. The summed E-state index contributed by atoms with van der Waals surface area (Å²) in [5, 5.41) is 8.17. The second-order valence-corrected chi connectivity index (χ2v) is 7.96. The van der Waals surface area contributed by atoms with Gasteiger partial charge in [-0.15, -0.1) is 11.3 Å². The molecule has 0 atom stereocenters. The summed E-state index contributed by atoms with van der Waals surface area (Å²) in [6.45, 7) is 0. The standard InChI is InChI=1S/C22H14Cl2N2O3S/c23-16-4-1-3-15(20(16)24)17-10-11-18(29-17)21(27)25-13-6-8-14(9-7-13)26-22(28)19-5-2-12-30-19/h1-12H,(H,25,27)(H,26,28). The third-order valence-electron chi connectivity index (χ3n) is 4.19.